The van der Waals surface area contributed by atoms with Crippen molar-refractivity contribution in [3.05, 3.63) is 29.8 Å². The number of aryl methyl sites for hydroxylation is 1. The Kier molecular flexibility index (Phi) is 5.86. The zero-order valence-corrected chi connectivity index (χ0v) is 13.1. The first-order valence-electron chi connectivity index (χ1n) is 7.74. The van der Waals surface area contributed by atoms with Crippen molar-refractivity contribution >= 4 is 5.69 Å². The van der Waals surface area contributed by atoms with Crippen molar-refractivity contribution in [1.82, 2.24) is 4.90 Å². The largest absolute Gasteiger partial charge is 0.384 e. The number of nitrogens with zero attached hydrogens (tertiary/aromatic N) is 1. The molecule has 0 spiro atoms. The van der Waals surface area contributed by atoms with Crippen molar-refractivity contribution in [1.29, 1.82) is 0 Å². The second-order valence-electron chi connectivity index (χ2n) is 5.90. The lowest BCUT2D eigenvalue weighted by atomic mass is 10.2. The third-order valence-corrected chi connectivity index (χ3v) is 4.24. The zero-order valence-electron chi connectivity index (χ0n) is 13.1. The van der Waals surface area contributed by atoms with Gasteiger partial charge in [0.25, 0.3) is 0 Å². The monoisotopic (exact) mass is 276 g/mol. The molecule has 1 aromatic carbocycles. The van der Waals surface area contributed by atoms with Crippen LogP contribution in [0, 0.1) is 12.8 Å². The highest BCUT2D eigenvalue weighted by Crippen LogP contribution is 2.34. The zero-order chi connectivity index (χ0) is 14.4. The number of rotatable bonds is 9. The van der Waals surface area contributed by atoms with Crippen LogP contribution in [-0.4, -0.2) is 44.3 Å². The molecule has 1 N–H and O–H groups in total. The molecule has 1 aliphatic carbocycles. The summed E-state index contributed by atoms with van der Waals surface area (Å²) in [5, 5.41) is 3.51. The lowest BCUT2D eigenvalue weighted by Gasteiger charge is -2.29. The van der Waals surface area contributed by atoms with Crippen molar-refractivity contribution in [2.24, 2.45) is 5.92 Å². The summed E-state index contributed by atoms with van der Waals surface area (Å²) in [4.78, 5) is 2.56. The smallest absolute Gasteiger partial charge is 0.0589 e. The molecule has 1 fully saturated rings. The van der Waals surface area contributed by atoms with Gasteiger partial charge in [0.2, 0.25) is 0 Å². The second-order valence-corrected chi connectivity index (χ2v) is 5.90. The molecule has 1 atom stereocenters. The summed E-state index contributed by atoms with van der Waals surface area (Å²) in [5.41, 5.74) is 2.51. The van der Waals surface area contributed by atoms with E-state index in [2.05, 4.69) is 48.3 Å². The number of nitrogens with one attached hydrogen (secondary N) is 1. The molecule has 0 aliphatic heterocycles. The molecule has 112 valence electrons. The van der Waals surface area contributed by atoms with Gasteiger partial charge in [-0.25, -0.2) is 0 Å². The van der Waals surface area contributed by atoms with Crippen LogP contribution in [0.25, 0.3) is 0 Å². The molecule has 1 aliphatic rings. The molecule has 20 heavy (non-hydrogen) atoms. The van der Waals surface area contributed by atoms with Crippen LogP contribution in [0.4, 0.5) is 5.69 Å². The Morgan fingerprint density at radius 2 is 1.95 bits per heavy atom. The highest BCUT2D eigenvalue weighted by molar-refractivity contribution is 5.44. The quantitative estimate of drug-likeness (QED) is 0.750. The van der Waals surface area contributed by atoms with Gasteiger partial charge in [-0.05, 0) is 44.7 Å². The maximum Gasteiger partial charge on any atom is 0.0589 e. The molecule has 3 nitrogen and oxygen atoms in total. The molecule has 1 aromatic rings. The topological polar surface area (TPSA) is 24.5 Å². The first-order chi connectivity index (χ1) is 9.70. The van der Waals surface area contributed by atoms with Gasteiger partial charge in [-0.1, -0.05) is 17.7 Å². The maximum absolute atomic E-state index is 5.24. The summed E-state index contributed by atoms with van der Waals surface area (Å²) >= 11 is 0. The van der Waals surface area contributed by atoms with Gasteiger partial charge >= 0.3 is 0 Å². The van der Waals surface area contributed by atoms with Gasteiger partial charge in [0, 0.05) is 38.5 Å². The van der Waals surface area contributed by atoms with E-state index >= 15 is 0 Å². The van der Waals surface area contributed by atoms with E-state index in [0.29, 0.717) is 6.04 Å². The highest BCUT2D eigenvalue weighted by Gasteiger charge is 2.31. The summed E-state index contributed by atoms with van der Waals surface area (Å²) < 4.78 is 5.24. The van der Waals surface area contributed by atoms with Crippen LogP contribution in [0.3, 0.4) is 0 Å². The van der Waals surface area contributed by atoms with Gasteiger partial charge in [-0.2, -0.15) is 0 Å². The normalized spacial score (nSPS) is 16.4. The molecule has 1 unspecified atom stereocenters. The summed E-state index contributed by atoms with van der Waals surface area (Å²) in [6.07, 6.45) is 2.80. The van der Waals surface area contributed by atoms with E-state index in [1.807, 2.05) is 0 Å². The average molecular weight is 276 g/mol. The fraction of sp³-hybridized carbons (Fsp3) is 0.647. The molecule has 0 heterocycles. The van der Waals surface area contributed by atoms with Crippen LogP contribution in [0.15, 0.2) is 24.3 Å². The van der Waals surface area contributed by atoms with E-state index in [-0.39, 0.29) is 0 Å². The van der Waals surface area contributed by atoms with Crippen molar-refractivity contribution in [2.45, 2.75) is 32.7 Å². The molecule has 1 saturated carbocycles. The Labute approximate surface area is 123 Å². The predicted molar refractivity (Wildman–Crippen MR) is 85.3 cm³/mol. The minimum Gasteiger partial charge on any atom is -0.384 e. The van der Waals surface area contributed by atoms with E-state index in [1.54, 1.807) is 7.11 Å². The minimum atomic E-state index is 0.685. The molecule has 0 saturated heterocycles. The van der Waals surface area contributed by atoms with E-state index in [9.17, 15) is 0 Å². The van der Waals surface area contributed by atoms with Crippen LogP contribution in [-0.2, 0) is 4.74 Å². The van der Waals surface area contributed by atoms with Gasteiger partial charge in [0.1, 0.15) is 0 Å². The van der Waals surface area contributed by atoms with Crippen LogP contribution in [0.2, 0.25) is 0 Å². The molecule has 2 rings (SSSR count). The maximum atomic E-state index is 5.24. The van der Waals surface area contributed by atoms with Gasteiger partial charge < -0.3 is 10.1 Å². The van der Waals surface area contributed by atoms with Gasteiger partial charge in [-0.15, -0.1) is 0 Å². The van der Waals surface area contributed by atoms with Crippen LogP contribution >= 0.6 is 0 Å². The van der Waals surface area contributed by atoms with Gasteiger partial charge in [-0.3, -0.25) is 4.90 Å². The molecule has 0 amide bonds. The molecule has 0 radical (unpaired) electrons. The number of anilines is 1. The summed E-state index contributed by atoms with van der Waals surface area (Å²) in [7, 11) is 1.78. The average Bonchev–Trinajstić information content (AvgIpc) is 3.28. The SMILES string of the molecule is COCCN(CCNc1ccc(C)cc1)C(C)C1CC1. The number of ether oxygens (including phenoxy) is 1. The lowest BCUT2D eigenvalue weighted by molar-refractivity contribution is 0.120. The van der Waals surface area contributed by atoms with Crippen LogP contribution in [0.5, 0.6) is 0 Å². The fourth-order valence-corrected chi connectivity index (χ4v) is 2.62. The highest BCUT2D eigenvalue weighted by atomic mass is 16.5. The molecular formula is C17H28N2O. The standard InChI is InChI=1S/C17H28N2O/c1-14-4-8-17(9-5-14)18-10-11-19(12-13-20-3)15(2)16-6-7-16/h4-5,8-9,15-16,18H,6-7,10-13H2,1-3H3. The lowest BCUT2D eigenvalue weighted by Crippen LogP contribution is -2.40. The Morgan fingerprint density at radius 1 is 1.25 bits per heavy atom. The van der Waals surface area contributed by atoms with E-state index in [1.165, 1.54) is 24.1 Å². The fourth-order valence-electron chi connectivity index (χ4n) is 2.62. The van der Waals surface area contributed by atoms with Crippen LogP contribution < -0.4 is 5.32 Å². The Morgan fingerprint density at radius 3 is 2.55 bits per heavy atom. The summed E-state index contributed by atoms with van der Waals surface area (Å²) in [5.74, 6) is 0.909. The molecular weight excluding hydrogens is 248 g/mol. The number of hydrogen-bond acceptors (Lipinski definition) is 3. The predicted octanol–water partition coefficient (Wildman–Crippen LogP) is 3.15. The van der Waals surface area contributed by atoms with Crippen molar-refractivity contribution in [2.75, 3.05) is 38.7 Å². The Hall–Kier alpha value is -1.06. The first kappa shape index (κ1) is 15.3. The van der Waals surface area contributed by atoms with Crippen molar-refractivity contribution in [3.63, 3.8) is 0 Å². The summed E-state index contributed by atoms with van der Waals surface area (Å²) in [6.45, 7) is 8.40. The molecule has 0 aromatic heterocycles. The van der Waals surface area contributed by atoms with Crippen molar-refractivity contribution in [3.8, 4) is 0 Å². The number of methoxy groups -OCH3 is 1. The van der Waals surface area contributed by atoms with E-state index < -0.39 is 0 Å². The van der Waals surface area contributed by atoms with E-state index in [0.717, 1.165) is 32.2 Å². The molecule has 0 bridgehead atoms. The first-order valence-corrected chi connectivity index (χ1v) is 7.74. The Bertz CT molecular complexity index is 386. The Balaban J connectivity index is 1.76. The second kappa shape index (κ2) is 7.65. The van der Waals surface area contributed by atoms with Crippen molar-refractivity contribution < 1.29 is 4.74 Å². The minimum absolute atomic E-state index is 0.685. The van der Waals surface area contributed by atoms with Gasteiger partial charge in [0.05, 0.1) is 6.61 Å². The van der Waals surface area contributed by atoms with E-state index in [4.69, 9.17) is 4.74 Å². The summed E-state index contributed by atoms with van der Waals surface area (Å²) in [6, 6.07) is 9.29. The van der Waals surface area contributed by atoms with Crippen LogP contribution in [0.1, 0.15) is 25.3 Å². The molecule has 3 heteroatoms. The number of benzene rings is 1. The number of hydrogen-bond donors (Lipinski definition) is 1. The third kappa shape index (κ3) is 4.80. The van der Waals surface area contributed by atoms with Gasteiger partial charge in [0.15, 0.2) is 0 Å². The third-order valence-electron chi connectivity index (χ3n) is 4.24.